The SMILES string of the molecule is CCn1cc(CN[C@H](C)c2ccc(C)cc2)cn1. The van der Waals surface area contributed by atoms with Crippen LogP contribution in [0.3, 0.4) is 0 Å². The average Bonchev–Trinajstić information content (AvgIpc) is 2.85. The van der Waals surface area contributed by atoms with E-state index in [4.69, 9.17) is 0 Å². The molecule has 18 heavy (non-hydrogen) atoms. The smallest absolute Gasteiger partial charge is 0.0534 e. The highest BCUT2D eigenvalue weighted by molar-refractivity contribution is 5.23. The van der Waals surface area contributed by atoms with Crippen LogP contribution in [0.4, 0.5) is 0 Å². The van der Waals surface area contributed by atoms with Crippen molar-refractivity contribution in [3.63, 3.8) is 0 Å². The zero-order valence-corrected chi connectivity index (χ0v) is 11.4. The van der Waals surface area contributed by atoms with E-state index in [1.165, 1.54) is 16.7 Å². The minimum atomic E-state index is 0.357. The summed E-state index contributed by atoms with van der Waals surface area (Å²) in [6.45, 7) is 8.18. The van der Waals surface area contributed by atoms with Gasteiger partial charge in [0.1, 0.15) is 0 Å². The molecule has 0 spiro atoms. The van der Waals surface area contributed by atoms with Crippen molar-refractivity contribution in [3.05, 3.63) is 53.3 Å². The lowest BCUT2D eigenvalue weighted by atomic mass is 10.1. The molecule has 1 aromatic carbocycles. The molecule has 0 aliphatic heterocycles. The largest absolute Gasteiger partial charge is 0.306 e. The fourth-order valence-corrected chi connectivity index (χ4v) is 1.91. The number of rotatable bonds is 5. The van der Waals surface area contributed by atoms with Gasteiger partial charge in [0.15, 0.2) is 0 Å². The second kappa shape index (κ2) is 5.83. The molecular weight excluding hydrogens is 222 g/mol. The van der Waals surface area contributed by atoms with Crippen LogP contribution < -0.4 is 5.32 Å². The molecule has 3 heteroatoms. The molecule has 0 saturated carbocycles. The van der Waals surface area contributed by atoms with E-state index in [0.29, 0.717) is 6.04 Å². The van der Waals surface area contributed by atoms with Gasteiger partial charge in [0.05, 0.1) is 6.20 Å². The van der Waals surface area contributed by atoms with Crippen LogP contribution in [0.15, 0.2) is 36.7 Å². The maximum atomic E-state index is 4.27. The van der Waals surface area contributed by atoms with Gasteiger partial charge in [0, 0.05) is 30.9 Å². The van der Waals surface area contributed by atoms with E-state index in [1.54, 1.807) is 0 Å². The molecule has 0 saturated heterocycles. The normalized spacial score (nSPS) is 12.6. The predicted molar refractivity (Wildman–Crippen MR) is 74.3 cm³/mol. The third-order valence-electron chi connectivity index (χ3n) is 3.20. The van der Waals surface area contributed by atoms with Gasteiger partial charge >= 0.3 is 0 Å². The molecule has 0 amide bonds. The summed E-state index contributed by atoms with van der Waals surface area (Å²) in [5, 5.41) is 7.79. The summed E-state index contributed by atoms with van der Waals surface area (Å²) in [5.74, 6) is 0. The maximum absolute atomic E-state index is 4.27. The van der Waals surface area contributed by atoms with E-state index in [1.807, 2.05) is 10.9 Å². The number of aryl methyl sites for hydroxylation is 2. The topological polar surface area (TPSA) is 29.9 Å². The molecule has 1 heterocycles. The minimum Gasteiger partial charge on any atom is -0.306 e. The second-order valence-electron chi connectivity index (χ2n) is 4.72. The Morgan fingerprint density at radius 3 is 2.61 bits per heavy atom. The number of nitrogens with one attached hydrogen (secondary N) is 1. The molecule has 0 aliphatic carbocycles. The van der Waals surface area contributed by atoms with Crippen molar-refractivity contribution in [2.24, 2.45) is 0 Å². The van der Waals surface area contributed by atoms with Crippen molar-refractivity contribution in [2.75, 3.05) is 0 Å². The maximum Gasteiger partial charge on any atom is 0.0534 e. The van der Waals surface area contributed by atoms with Crippen LogP contribution in [-0.2, 0) is 13.1 Å². The quantitative estimate of drug-likeness (QED) is 0.874. The fourth-order valence-electron chi connectivity index (χ4n) is 1.91. The first-order valence-corrected chi connectivity index (χ1v) is 6.50. The van der Waals surface area contributed by atoms with Crippen molar-refractivity contribution < 1.29 is 0 Å². The molecule has 0 bridgehead atoms. The first-order valence-electron chi connectivity index (χ1n) is 6.50. The summed E-state index contributed by atoms with van der Waals surface area (Å²) >= 11 is 0. The lowest BCUT2D eigenvalue weighted by Gasteiger charge is -2.13. The van der Waals surface area contributed by atoms with Crippen molar-refractivity contribution in [1.82, 2.24) is 15.1 Å². The molecule has 96 valence electrons. The first kappa shape index (κ1) is 12.8. The van der Waals surface area contributed by atoms with E-state index < -0.39 is 0 Å². The van der Waals surface area contributed by atoms with Gasteiger partial charge in [0.2, 0.25) is 0 Å². The summed E-state index contributed by atoms with van der Waals surface area (Å²) in [6.07, 6.45) is 4.02. The number of hydrogen-bond acceptors (Lipinski definition) is 2. The van der Waals surface area contributed by atoms with Gasteiger partial charge in [-0.05, 0) is 26.3 Å². The molecule has 1 atom stereocenters. The fraction of sp³-hybridized carbons (Fsp3) is 0.400. The zero-order valence-electron chi connectivity index (χ0n) is 11.4. The van der Waals surface area contributed by atoms with Crippen LogP contribution in [0.1, 0.15) is 36.6 Å². The molecule has 1 aromatic heterocycles. The monoisotopic (exact) mass is 243 g/mol. The van der Waals surface area contributed by atoms with Gasteiger partial charge in [-0.3, -0.25) is 4.68 Å². The van der Waals surface area contributed by atoms with Gasteiger partial charge in [-0.2, -0.15) is 5.10 Å². The average molecular weight is 243 g/mol. The highest BCUT2D eigenvalue weighted by Crippen LogP contribution is 2.13. The summed E-state index contributed by atoms with van der Waals surface area (Å²) in [5.41, 5.74) is 3.86. The molecule has 2 rings (SSSR count). The van der Waals surface area contributed by atoms with Crippen LogP contribution in [0.2, 0.25) is 0 Å². The van der Waals surface area contributed by atoms with Gasteiger partial charge in [-0.15, -0.1) is 0 Å². The lowest BCUT2D eigenvalue weighted by Crippen LogP contribution is -2.17. The van der Waals surface area contributed by atoms with Gasteiger partial charge < -0.3 is 5.32 Å². The molecule has 1 N–H and O–H groups in total. The number of benzene rings is 1. The summed E-state index contributed by atoms with van der Waals surface area (Å²) in [6, 6.07) is 9.03. The molecular formula is C15H21N3. The Labute approximate surface area is 109 Å². The van der Waals surface area contributed by atoms with Crippen LogP contribution in [0.5, 0.6) is 0 Å². The highest BCUT2D eigenvalue weighted by Gasteiger charge is 2.05. The summed E-state index contributed by atoms with van der Waals surface area (Å²) in [7, 11) is 0. The summed E-state index contributed by atoms with van der Waals surface area (Å²) < 4.78 is 1.95. The van der Waals surface area contributed by atoms with E-state index in [9.17, 15) is 0 Å². The van der Waals surface area contributed by atoms with E-state index in [-0.39, 0.29) is 0 Å². The molecule has 0 aliphatic rings. The van der Waals surface area contributed by atoms with Crippen LogP contribution in [-0.4, -0.2) is 9.78 Å². The number of hydrogen-bond donors (Lipinski definition) is 1. The van der Waals surface area contributed by atoms with Crippen molar-refractivity contribution in [1.29, 1.82) is 0 Å². The third-order valence-corrected chi connectivity index (χ3v) is 3.20. The predicted octanol–water partition coefficient (Wildman–Crippen LogP) is 3.06. The Balaban J connectivity index is 1.91. The second-order valence-corrected chi connectivity index (χ2v) is 4.72. The first-order chi connectivity index (χ1) is 8.69. The Morgan fingerprint density at radius 1 is 1.28 bits per heavy atom. The summed E-state index contributed by atoms with van der Waals surface area (Å²) in [4.78, 5) is 0. The molecule has 0 radical (unpaired) electrons. The van der Waals surface area contributed by atoms with E-state index >= 15 is 0 Å². The van der Waals surface area contributed by atoms with Crippen molar-refractivity contribution in [3.8, 4) is 0 Å². The van der Waals surface area contributed by atoms with Gasteiger partial charge in [-0.1, -0.05) is 29.8 Å². The van der Waals surface area contributed by atoms with Crippen molar-refractivity contribution in [2.45, 2.75) is 39.9 Å². The Kier molecular flexibility index (Phi) is 4.15. The lowest BCUT2D eigenvalue weighted by molar-refractivity contribution is 0.573. The standard InChI is InChI=1S/C15H21N3/c1-4-18-11-14(10-17-18)9-16-13(3)15-7-5-12(2)6-8-15/h5-8,10-11,13,16H,4,9H2,1-3H3/t13-/m1/s1. The third kappa shape index (κ3) is 3.20. The van der Waals surface area contributed by atoms with Gasteiger partial charge in [0.25, 0.3) is 0 Å². The Hall–Kier alpha value is -1.61. The number of nitrogens with zero attached hydrogens (tertiary/aromatic N) is 2. The van der Waals surface area contributed by atoms with Crippen LogP contribution in [0, 0.1) is 6.92 Å². The van der Waals surface area contributed by atoms with Crippen molar-refractivity contribution >= 4 is 0 Å². The molecule has 2 aromatic rings. The molecule has 3 nitrogen and oxygen atoms in total. The molecule has 0 unspecified atom stereocenters. The van der Waals surface area contributed by atoms with E-state index in [0.717, 1.165) is 13.1 Å². The Bertz CT molecular complexity index is 485. The van der Waals surface area contributed by atoms with Crippen LogP contribution in [0.25, 0.3) is 0 Å². The van der Waals surface area contributed by atoms with E-state index in [2.05, 4.69) is 61.6 Å². The van der Waals surface area contributed by atoms with Gasteiger partial charge in [-0.25, -0.2) is 0 Å². The zero-order chi connectivity index (χ0) is 13.0. The number of aromatic nitrogens is 2. The highest BCUT2D eigenvalue weighted by atomic mass is 15.3. The van der Waals surface area contributed by atoms with Crippen LogP contribution >= 0.6 is 0 Å². The minimum absolute atomic E-state index is 0.357. The molecule has 0 fully saturated rings. The Morgan fingerprint density at radius 2 is 2.00 bits per heavy atom.